The number of aliphatic imine (C=N–C) groups is 1. The van der Waals surface area contributed by atoms with Crippen molar-refractivity contribution in [3.63, 3.8) is 0 Å². The van der Waals surface area contributed by atoms with Crippen molar-refractivity contribution < 1.29 is 38.1 Å². The fourth-order valence-corrected chi connectivity index (χ4v) is 3.99. The lowest BCUT2D eigenvalue weighted by molar-refractivity contribution is -0.143. The minimum atomic E-state index is -2.17. The van der Waals surface area contributed by atoms with Gasteiger partial charge in [-0.3, -0.25) is 4.99 Å². The summed E-state index contributed by atoms with van der Waals surface area (Å²) < 4.78 is 19.4. The van der Waals surface area contributed by atoms with Crippen LogP contribution in [0.1, 0.15) is 37.4 Å². The van der Waals surface area contributed by atoms with Gasteiger partial charge < -0.3 is 18.9 Å². The van der Waals surface area contributed by atoms with Gasteiger partial charge in [0.15, 0.2) is 0 Å². The third-order valence-electron chi connectivity index (χ3n) is 5.82. The molecule has 1 aliphatic heterocycles. The number of rotatable bonds is 8. The van der Waals surface area contributed by atoms with Gasteiger partial charge in [0.05, 0.1) is 45.1 Å². The quantitative estimate of drug-likeness (QED) is 0.382. The van der Waals surface area contributed by atoms with Crippen molar-refractivity contribution in [1.29, 1.82) is 5.26 Å². The Balaban J connectivity index is 2.27. The molecule has 3 rings (SSSR count). The lowest BCUT2D eigenvalue weighted by Crippen LogP contribution is -2.36. The predicted octanol–water partition coefficient (Wildman–Crippen LogP) is 2.85. The second-order valence-electron chi connectivity index (χ2n) is 7.98. The molecule has 1 aliphatic rings. The summed E-state index contributed by atoms with van der Waals surface area (Å²) in [5, 5.41) is 9.88. The summed E-state index contributed by atoms with van der Waals surface area (Å²) in [4.78, 5) is 54.4. The molecule has 0 amide bonds. The Kier molecular flexibility index (Phi) is 8.55. The lowest BCUT2D eigenvalue weighted by Gasteiger charge is -2.18. The van der Waals surface area contributed by atoms with Crippen LogP contribution in [-0.4, -0.2) is 64.1 Å². The molecule has 0 N–H and O–H groups in total. The molecule has 0 saturated carbocycles. The molecule has 194 valence electrons. The first-order valence-electron chi connectivity index (χ1n) is 11.2. The van der Waals surface area contributed by atoms with Gasteiger partial charge in [0.2, 0.25) is 0 Å². The Morgan fingerprint density at radius 3 is 2.11 bits per heavy atom. The number of hydrogen-bond donors (Lipinski definition) is 0. The molecule has 2 aromatic rings. The SMILES string of the molecule is COC(=O)C1=C(/C=C\c2cc(Cc3ccccc3)cc(C(=O)OC)c2C(=O)OC)C(C#N)(C(=O)OC)N=C1. The van der Waals surface area contributed by atoms with E-state index in [4.69, 9.17) is 18.9 Å². The fourth-order valence-electron chi connectivity index (χ4n) is 3.99. The minimum absolute atomic E-state index is 0.0446. The van der Waals surface area contributed by atoms with E-state index < -0.39 is 29.4 Å². The van der Waals surface area contributed by atoms with Gasteiger partial charge in [-0.2, -0.15) is 5.26 Å². The summed E-state index contributed by atoms with van der Waals surface area (Å²) >= 11 is 0. The van der Waals surface area contributed by atoms with Crippen molar-refractivity contribution in [1.82, 2.24) is 0 Å². The molecule has 38 heavy (non-hydrogen) atoms. The van der Waals surface area contributed by atoms with Gasteiger partial charge in [0.1, 0.15) is 6.07 Å². The van der Waals surface area contributed by atoms with Gasteiger partial charge in [-0.1, -0.05) is 48.6 Å². The molecule has 10 heteroatoms. The van der Waals surface area contributed by atoms with Crippen LogP contribution < -0.4 is 0 Å². The molecular formula is C28H24N2O8. The van der Waals surface area contributed by atoms with E-state index in [1.165, 1.54) is 25.3 Å². The van der Waals surface area contributed by atoms with Crippen LogP contribution in [0.15, 0.2) is 64.7 Å². The van der Waals surface area contributed by atoms with Crippen molar-refractivity contribution in [3.05, 3.63) is 87.5 Å². The van der Waals surface area contributed by atoms with E-state index in [0.29, 0.717) is 12.0 Å². The van der Waals surface area contributed by atoms with E-state index in [1.54, 1.807) is 12.1 Å². The summed E-state index contributed by atoms with van der Waals surface area (Å²) in [6.07, 6.45) is 4.14. The maximum absolute atomic E-state index is 12.8. The average Bonchev–Trinajstić information content (AvgIpc) is 3.33. The Labute approximate surface area is 218 Å². The maximum Gasteiger partial charge on any atom is 0.353 e. The number of carbonyl (C=O) groups excluding carboxylic acids is 4. The first kappa shape index (κ1) is 27.5. The van der Waals surface area contributed by atoms with Crippen molar-refractivity contribution in [2.75, 3.05) is 28.4 Å². The van der Waals surface area contributed by atoms with Crippen LogP contribution in [0, 0.1) is 11.3 Å². The third kappa shape index (κ3) is 5.22. The van der Waals surface area contributed by atoms with Crippen molar-refractivity contribution in [2.24, 2.45) is 4.99 Å². The monoisotopic (exact) mass is 516 g/mol. The van der Waals surface area contributed by atoms with Crippen molar-refractivity contribution in [3.8, 4) is 6.07 Å². The average molecular weight is 517 g/mol. The van der Waals surface area contributed by atoms with Crippen LogP contribution in [0.4, 0.5) is 0 Å². The molecule has 1 unspecified atom stereocenters. The van der Waals surface area contributed by atoms with Gasteiger partial charge in [-0.15, -0.1) is 0 Å². The number of hydrogen-bond acceptors (Lipinski definition) is 10. The summed E-state index contributed by atoms with van der Waals surface area (Å²) in [7, 11) is 4.57. The molecular weight excluding hydrogens is 492 g/mol. The number of ether oxygens (including phenoxy) is 4. The molecule has 0 spiro atoms. The van der Waals surface area contributed by atoms with Gasteiger partial charge >= 0.3 is 23.9 Å². The molecule has 1 atom stereocenters. The van der Waals surface area contributed by atoms with Crippen LogP contribution >= 0.6 is 0 Å². The minimum Gasteiger partial charge on any atom is -0.466 e. The van der Waals surface area contributed by atoms with Crippen LogP contribution in [0.5, 0.6) is 0 Å². The Morgan fingerprint density at radius 1 is 0.868 bits per heavy atom. The molecule has 2 aromatic carbocycles. The number of nitrogens with zero attached hydrogens (tertiary/aromatic N) is 2. The van der Waals surface area contributed by atoms with Gasteiger partial charge in [0, 0.05) is 11.8 Å². The van der Waals surface area contributed by atoms with E-state index in [1.807, 2.05) is 30.3 Å². The zero-order chi connectivity index (χ0) is 27.9. The molecule has 0 aromatic heterocycles. The van der Waals surface area contributed by atoms with Crippen molar-refractivity contribution in [2.45, 2.75) is 12.0 Å². The third-order valence-corrected chi connectivity index (χ3v) is 5.82. The Bertz CT molecular complexity index is 1420. The molecule has 1 heterocycles. The van der Waals surface area contributed by atoms with Gasteiger partial charge in [-0.25, -0.2) is 19.2 Å². The number of benzene rings is 2. The second kappa shape index (κ2) is 11.8. The molecule has 10 nitrogen and oxygen atoms in total. The second-order valence-corrected chi connectivity index (χ2v) is 7.98. The first-order valence-corrected chi connectivity index (χ1v) is 11.2. The number of nitriles is 1. The summed E-state index contributed by atoms with van der Waals surface area (Å²) in [6, 6.07) is 14.4. The zero-order valence-electron chi connectivity index (χ0n) is 21.1. The largest absolute Gasteiger partial charge is 0.466 e. The highest BCUT2D eigenvalue weighted by Crippen LogP contribution is 2.33. The number of esters is 4. The Morgan fingerprint density at radius 2 is 1.53 bits per heavy atom. The van der Waals surface area contributed by atoms with E-state index in [-0.39, 0.29) is 27.8 Å². The normalized spacial score (nSPS) is 16.2. The molecule has 0 aliphatic carbocycles. The van der Waals surface area contributed by atoms with Crippen LogP contribution in [-0.2, 0) is 35.0 Å². The van der Waals surface area contributed by atoms with Crippen LogP contribution in [0.3, 0.4) is 0 Å². The smallest absolute Gasteiger partial charge is 0.353 e. The highest BCUT2D eigenvalue weighted by molar-refractivity contribution is 6.16. The Hall–Kier alpha value is -5.04. The topological polar surface area (TPSA) is 141 Å². The first-order chi connectivity index (χ1) is 18.3. The summed E-state index contributed by atoms with van der Waals surface area (Å²) in [6.45, 7) is 0. The van der Waals surface area contributed by atoms with E-state index in [0.717, 1.165) is 33.1 Å². The summed E-state index contributed by atoms with van der Waals surface area (Å²) in [5.41, 5.74) is -0.777. The molecule has 0 radical (unpaired) electrons. The highest BCUT2D eigenvalue weighted by atomic mass is 16.5. The molecule has 0 bridgehead atoms. The number of carbonyl (C=O) groups is 4. The van der Waals surface area contributed by atoms with E-state index >= 15 is 0 Å². The maximum atomic E-state index is 12.8. The molecule has 0 saturated heterocycles. The van der Waals surface area contributed by atoms with E-state index in [9.17, 15) is 24.4 Å². The van der Waals surface area contributed by atoms with Crippen LogP contribution in [0.25, 0.3) is 6.08 Å². The predicted molar refractivity (Wildman–Crippen MR) is 135 cm³/mol. The van der Waals surface area contributed by atoms with Crippen LogP contribution in [0.2, 0.25) is 0 Å². The van der Waals surface area contributed by atoms with Gasteiger partial charge in [-0.05, 0) is 29.2 Å². The lowest BCUT2D eigenvalue weighted by atomic mass is 9.88. The molecule has 0 fully saturated rings. The fraction of sp³-hybridized carbons (Fsp3) is 0.214. The summed E-state index contributed by atoms with van der Waals surface area (Å²) in [5.74, 6) is -3.44. The zero-order valence-corrected chi connectivity index (χ0v) is 21.1. The number of methoxy groups -OCH3 is 4. The van der Waals surface area contributed by atoms with E-state index in [2.05, 4.69) is 4.99 Å². The highest BCUT2D eigenvalue weighted by Gasteiger charge is 2.48. The van der Waals surface area contributed by atoms with Gasteiger partial charge in [0.25, 0.3) is 5.54 Å². The van der Waals surface area contributed by atoms with Crippen molar-refractivity contribution >= 4 is 36.2 Å². The standard InChI is InChI=1S/C28H24N2O8/c1-35-24(31)20-14-18(12-17-8-6-5-7-9-17)13-19(23(20)26(33)37-3)10-11-22-21(25(32)36-2)15-30-28(22,16-29)27(34)38-4/h5-11,13-15H,12H2,1-4H3/b11-10-.